The van der Waals surface area contributed by atoms with Gasteiger partial charge in [-0.05, 0) is 32.4 Å². The highest BCUT2D eigenvalue weighted by atomic mass is 32.1. The fraction of sp³-hybridized carbons (Fsp3) is 0.474. The molecule has 3 saturated heterocycles. The van der Waals surface area contributed by atoms with E-state index in [4.69, 9.17) is 9.15 Å². The van der Waals surface area contributed by atoms with Gasteiger partial charge in [-0.1, -0.05) is 0 Å². The maximum atomic E-state index is 14.4. The number of benzene rings is 1. The molecular formula is C19H20F2N4O3S. The largest absolute Gasteiger partial charge is 0.428 e. The highest BCUT2D eigenvalue weighted by molar-refractivity contribution is 7.13. The number of thiazole rings is 1. The van der Waals surface area contributed by atoms with Gasteiger partial charge in [0, 0.05) is 36.8 Å². The van der Waals surface area contributed by atoms with Gasteiger partial charge in [0.2, 0.25) is 0 Å². The quantitative estimate of drug-likeness (QED) is 0.653. The van der Waals surface area contributed by atoms with E-state index in [0.717, 1.165) is 33.4 Å². The van der Waals surface area contributed by atoms with E-state index in [9.17, 15) is 13.9 Å². The van der Waals surface area contributed by atoms with Crippen molar-refractivity contribution in [1.29, 1.82) is 0 Å². The van der Waals surface area contributed by atoms with Crippen molar-refractivity contribution in [2.75, 3.05) is 18.0 Å². The Hall–Kier alpha value is -2.30. The second-order valence-electron chi connectivity index (χ2n) is 8.00. The van der Waals surface area contributed by atoms with E-state index in [-0.39, 0.29) is 11.3 Å². The summed E-state index contributed by atoms with van der Waals surface area (Å²) in [6, 6.07) is 4.19. The third-order valence-corrected chi connectivity index (χ3v) is 6.11. The summed E-state index contributed by atoms with van der Waals surface area (Å²) in [4.78, 5) is 10.8. The lowest BCUT2D eigenvalue weighted by atomic mass is 9.92. The molecule has 2 aromatic heterocycles. The van der Waals surface area contributed by atoms with Crippen molar-refractivity contribution >= 4 is 28.5 Å². The molecule has 2 atom stereocenters. The monoisotopic (exact) mass is 422 g/mol. The molecule has 3 aromatic rings. The van der Waals surface area contributed by atoms with Crippen molar-refractivity contribution in [2.45, 2.75) is 44.1 Å². The van der Waals surface area contributed by atoms with Crippen molar-refractivity contribution in [3.8, 4) is 16.3 Å². The van der Waals surface area contributed by atoms with E-state index in [2.05, 4.69) is 15.3 Å². The van der Waals surface area contributed by atoms with Crippen LogP contribution in [0.3, 0.4) is 0 Å². The molecule has 10 heteroatoms. The molecule has 2 N–H and O–H groups in total. The van der Waals surface area contributed by atoms with E-state index < -0.39 is 11.7 Å². The van der Waals surface area contributed by atoms with Gasteiger partial charge in [0.1, 0.15) is 5.01 Å². The van der Waals surface area contributed by atoms with Crippen molar-refractivity contribution in [3.63, 3.8) is 0 Å². The number of alkyl halides is 2. The molecule has 0 amide bonds. The van der Waals surface area contributed by atoms with E-state index in [1.165, 1.54) is 17.4 Å². The Kier molecular flexibility index (Phi) is 4.10. The predicted molar refractivity (Wildman–Crippen MR) is 105 cm³/mol. The lowest BCUT2D eigenvalue weighted by Gasteiger charge is -2.47. The smallest absolute Gasteiger partial charge is 0.426 e. The first-order valence-corrected chi connectivity index (χ1v) is 10.2. The number of aromatic nitrogens is 2. The second-order valence-corrected chi connectivity index (χ2v) is 8.90. The Morgan fingerprint density at radius 3 is 2.66 bits per heavy atom. The van der Waals surface area contributed by atoms with E-state index in [1.807, 2.05) is 10.3 Å². The molecule has 0 spiro atoms. The molecule has 2 bridgehead atoms. The van der Waals surface area contributed by atoms with Crippen molar-refractivity contribution in [1.82, 2.24) is 15.3 Å². The number of hydrogen-bond donors (Lipinski definition) is 2. The average Bonchev–Trinajstić information content (AvgIpc) is 3.30. The highest BCUT2D eigenvalue weighted by Crippen LogP contribution is 2.41. The normalized spacial score (nSPS) is 22.0. The van der Waals surface area contributed by atoms with Gasteiger partial charge in [0.05, 0.1) is 5.56 Å². The highest BCUT2D eigenvalue weighted by Gasteiger charge is 2.49. The Bertz CT molecular complexity index is 1030. The van der Waals surface area contributed by atoms with Crippen molar-refractivity contribution in [2.24, 2.45) is 0 Å². The van der Waals surface area contributed by atoms with Crippen LogP contribution in [0.5, 0.6) is 5.75 Å². The summed E-state index contributed by atoms with van der Waals surface area (Å²) in [5.74, 6) is -0.150. The molecule has 29 heavy (non-hydrogen) atoms. The summed E-state index contributed by atoms with van der Waals surface area (Å²) in [6.45, 7) is 3.47. The summed E-state index contributed by atoms with van der Waals surface area (Å²) < 4.78 is 39.7. The first kappa shape index (κ1) is 18.7. The van der Waals surface area contributed by atoms with Gasteiger partial charge in [0.15, 0.2) is 22.5 Å². The number of nitrogens with zero attached hydrogens (tertiary/aromatic N) is 3. The number of nitrogens with one attached hydrogen (secondary N) is 1. The van der Waals surface area contributed by atoms with Crippen LogP contribution in [0.4, 0.5) is 14.8 Å². The van der Waals surface area contributed by atoms with Crippen molar-refractivity contribution in [3.05, 3.63) is 23.7 Å². The minimum Gasteiger partial charge on any atom is -0.428 e. The first-order chi connectivity index (χ1) is 13.7. The topological polar surface area (TPSA) is 83.7 Å². The Morgan fingerprint density at radius 1 is 1.31 bits per heavy atom. The van der Waals surface area contributed by atoms with Crippen LogP contribution in [0, 0.1) is 0 Å². The molecule has 7 nitrogen and oxygen atoms in total. The molecule has 5 heterocycles. The molecule has 6 rings (SSSR count). The molecule has 2 unspecified atom stereocenters. The van der Waals surface area contributed by atoms with Crippen LogP contribution in [0.2, 0.25) is 0 Å². The van der Waals surface area contributed by atoms with Gasteiger partial charge >= 0.3 is 6.11 Å². The van der Waals surface area contributed by atoms with Crippen LogP contribution in [0.15, 0.2) is 28.1 Å². The Morgan fingerprint density at radius 2 is 2.03 bits per heavy atom. The van der Waals surface area contributed by atoms with Crippen LogP contribution in [-0.2, 0) is 0 Å². The number of piperazine rings is 1. The van der Waals surface area contributed by atoms with E-state index >= 15 is 0 Å². The van der Waals surface area contributed by atoms with E-state index in [0.29, 0.717) is 34.3 Å². The first-order valence-electron chi connectivity index (χ1n) is 9.35. The lowest BCUT2D eigenvalue weighted by molar-refractivity contribution is -0.275. The fourth-order valence-electron chi connectivity index (χ4n) is 3.65. The minimum atomic E-state index is -3.81. The number of aliphatic hydroxyl groups is 1. The SMILES string of the molecule is CC(C)(O)C(F)(F)Oc1ccc(-c2nccs2)c2oc(N3CC4CC(C3)N4)nc12. The molecule has 0 radical (unpaired) electrons. The van der Waals surface area contributed by atoms with Gasteiger partial charge in [-0.2, -0.15) is 13.8 Å². The lowest BCUT2D eigenvalue weighted by Crippen LogP contribution is -2.67. The summed E-state index contributed by atoms with van der Waals surface area (Å²) in [5.41, 5.74) is -1.18. The van der Waals surface area contributed by atoms with Crippen LogP contribution in [0.25, 0.3) is 21.7 Å². The summed E-state index contributed by atoms with van der Waals surface area (Å²) >= 11 is 1.41. The van der Waals surface area contributed by atoms with E-state index in [1.54, 1.807) is 12.3 Å². The predicted octanol–water partition coefficient (Wildman–Crippen LogP) is 3.24. The molecule has 154 valence electrons. The maximum absolute atomic E-state index is 14.4. The van der Waals surface area contributed by atoms with Gasteiger partial charge < -0.3 is 24.5 Å². The zero-order valence-corrected chi connectivity index (χ0v) is 16.7. The Balaban J connectivity index is 1.60. The summed E-state index contributed by atoms with van der Waals surface area (Å²) in [5, 5.41) is 15.7. The number of rotatable bonds is 5. The third-order valence-electron chi connectivity index (χ3n) is 5.30. The molecule has 0 saturated carbocycles. The van der Waals surface area contributed by atoms with Gasteiger partial charge in [-0.3, -0.25) is 0 Å². The number of halogens is 2. The van der Waals surface area contributed by atoms with Crippen LogP contribution < -0.4 is 15.0 Å². The van der Waals surface area contributed by atoms with Gasteiger partial charge in [0.25, 0.3) is 6.01 Å². The average molecular weight is 422 g/mol. The molecular weight excluding hydrogens is 402 g/mol. The Labute approximate surface area is 169 Å². The van der Waals surface area contributed by atoms with Crippen molar-refractivity contribution < 1.29 is 23.0 Å². The van der Waals surface area contributed by atoms with Crippen LogP contribution in [-0.4, -0.2) is 52.0 Å². The zero-order valence-electron chi connectivity index (χ0n) is 15.9. The maximum Gasteiger partial charge on any atom is 0.426 e. The van der Waals surface area contributed by atoms with Crippen LogP contribution in [0.1, 0.15) is 20.3 Å². The number of oxazole rings is 1. The number of hydrogen-bond acceptors (Lipinski definition) is 8. The number of piperidine rings is 1. The fourth-order valence-corrected chi connectivity index (χ4v) is 4.31. The summed E-state index contributed by atoms with van der Waals surface area (Å²) in [7, 11) is 0. The number of anilines is 1. The molecule has 0 aliphatic carbocycles. The van der Waals surface area contributed by atoms with Gasteiger partial charge in [-0.15, -0.1) is 11.3 Å². The summed E-state index contributed by atoms with van der Waals surface area (Å²) in [6.07, 6.45) is -1.02. The second kappa shape index (κ2) is 6.35. The molecule has 3 aliphatic rings. The third kappa shape index (κ3) is 3.15. The van der Waals surface area contributed by atoms with Crippen LogP contribution >= 0.6 is 11.3 Å². The standard InChI is InChI=1S/C19H20F2N4O3S/c1-18(2,26)19(20,21)28-13-4-3-12(16-22-5-6-29-16)15-14(13)24-17(27-15)25-8-10-7-11(9-25)23-10/h3-6,10-11,23,26H,7-9H2,1-2H3. The molecule has 3 fully saturated rings. The van der Waals surface area contributed by atoms with Gasteiger partial charge in [-0.25, -0.2) is 4.98 Å². The minimum absolute atomic E-state index is 0.150. The molecule has 1 aromatic carbocycles. The number of ether oxygens (including phenoxy) is 1. The molecule has 3 aliphatic heterocycles. The zero-order chi connectivity index (χ0) is 20.4. The number of fused-ring (bicyclic) bond motifs is 3.